The van der Waals surface area contributed by atoms with Crippen molar-refractivity contribution in [3.8, 4) is 0 Å². The molecule has 3 unspecified atom stereocenters. The Morgan fingerprint density at radius 1 is 1.15 bits per heavy atom. The third kappa shape index (κ3) is 3.03. The smallest absolute Gasteiger partial charge is 0.105 e. The summed E-state index contributed by atoms with van der Waals surface area (Å²) in [4.78, 5) is 0. The van der Waals surface area contributed by atoms with Gasteiger partial charge in [0.1, 0.15) is 5.60 Å². The molecule has 2 heterocycles. The van der Waals surface area contributed by atoms with Crippen LogP contribution in [0.15, 0.2) is 0 Å². The van der Waals surface area contributed by atoms with Gasteiger partial charge in [-0.1, -0.05) is 19.3 Å². The van der Waals surface area contributed by atoms with Crippen LogP contribution >= 0.6 is 0 Å². The molecule has 4 heteroatoms. The van der Waals surface area contributed by atoms with Gasteiger partial charge in [0, 0.05) is 26.1 Å². The highest BCUT2D eigenvalue weighted by atomic mass is 16.5. The largest absolute Gasteiger partial charge is 0.386 e. The van der Waals surface area contributed by atoms with Crippen molar-refractivity contribution in [2.45, 2.75) is 81.7 Å². The Bertz CT molecular complexity index is 330. The number of nitrogens with one attached hydrogen (secondary N) is 1. The van der Waals surface area contributed by atoms with Crippen LogP contribution in [0.3, 0.4) is 0 Å². The van der Waals surface area contributed by atoms with E-state index in [0.717, 1.165) is 19.4 Å². The summed E-state index contributed by atoms with van der Waals surface area (Å²) in [7, 11) is 0. The molecule has 3 rings (SSSR count). The number of rotatable bonds is 4. The van der Waals surface area contributed by atoms with Gasteiger partial charge >= 0.3 is 0 Å². The summed E-state index contributed by atoms with van der Waals surface area (Å²) in [5.74, 6) is 0. The fourth-order valence-electron chi connectivity index (χ4n) is 4.06. The molecule has 0 bridgehead atoms. The van der Waals surface area contributed by atoms with Crippen molar-refractivity contribution in [1.82, 2.24) is 5.32 Å². The van der Waals surface area contributed by atoms with E-state index in [1.165, 1.54) is 38.5 Å². The molecule has 4 nitrogen and oxygen atoms in total. The quantitative estimate of drug-likeness (QED) is 0.828. The molecule has 3 fully saturated rings. The lowest BCUT2D eigenvalue weighted by molar-refractivity contribution is -0.0658. The van der Waals surface area contributed by atoms with E-state index in [4.69, 9.17) is 9.47 Å². The highest BCUT2D eigenvalue weighted by molar-refractivity contribution is 4.94. The highest BCUT2D eigenvalue weighted by Crippen LogP contribution is 2.41. The van der Waals surface area contributed by atoms with Crippen LogP contribution in [-0.4, -0.2) is 48.2 Å². The zero-order valence-electron chi connectivity index (χ0n) is 12.7. The molecule has 0 aromatic rings. The van der Waals surface area contributed by atoms with Crippen molar-refractivity contribution in [3.05, 3.63) is 0 Å². The number of ether oxygens (including phenoxy) is 2. The monoisotopic (exact) mass is 283 g/mol. The normalized spacial score (nSPS) is 40.5. The lowest BCUT2D eigenvalue weighted by Gasteiger charge is -2.33. The van der Waals surface area contributed by atoms with E-state index in [1.807, 2.05) is 6.92 Å². The van der Waals surface area contributed by atoms with Crippen molar-refractivity contribution in [2.24, 2.45) is 0 Å². The fourth-order valence-corrected chi connectivity index (χ4v) is 4.06. The summed E-state index contributed by atoms with van der Waals surface area (Å²) < 4.78 is 11.8. The van der Waals surface area contributed by atoms with Gasteiger partial charge in [-0.25, -0.2) is 0 Å². The molecule has 20 heavy (non-hydrogen) atoms. The van der Waals surface area contributed by atoms with Crippen molar-refractivity contribution in [2.75, 3.05) is 19.7 Å². The molecule has 0 aromatic heterocycles. The molecule has 3 atom stereocenters. The summed E-state index contributed by atoms with van der Waals surface area (Å²) in [6.45, 7) is 4.10. The summed E-state index contributed by atoms with van der Waals surface area (Å²) in [6.07, 6.45) is 9.91. The van der Waals surface area contributed by atoms with Crippen LogP contribution in [0.5, 0.6) is 0 Å². The molecule has 116 valence electrons. The van der Waals surface area contributed by atoms with Crippen LogP contribution in [0.25, 0.3) is 0 Å². The number of hydrogen-bond donors (Lipinski definition) is 2. The Hall–Kier alpha value is -0.160. The van der Waals surface area contributed by atoms with Gasteiger partial charge in [0.05, 0.1) is 17.8 Å². The maximum Gasteiger partial charge on any atom is 0.105 e. The van der Waals surface area contributed by atoms with E-state index >= 15 is 0 Å². The van der Waals surface area contributed by atoms with Crippen LogP contribution in [-0.2, 0) is 9.47 Å². The van der Waals surface area contributed by atoms with Gasteiger partial charge in [-0.3, -0.25) is 0 Å². The second-order valence-electron chi connectivity index (χ2n) is 7.02. The Kier molecular flexibility index (Phi) is 4.37. The predicted octanol–water partition coefficient (Wildman–Crippen LogP) is 2.00. The van der Waals surface area contributed by atoms with Gasteiger partial charge in [-0.05, 0) is 32.6 Å². The fraction of sp³-hybridized carbons (Fsp3) is 1.00. The zero-order chi connectivity index (χ0) is 14.1. The Morgan fingerprint density at radius 3 is 2.65 bits per heavy atom. The minimum absolute atomic E-state index is 0.0656. The Labute approximate surface area is 122 Å². The van der Waals surface area contributed by atoms with Gasteiger partial charge in [0.15, 0.2) is 0 Å². The second kappa shape index (κ2) is 5.91. The molecule has 0 amide bonds. The SMILES string of the molecule is CC1OCCC1(O)CNCC1CCC2(CCCCC2)O1. The van der Waals surface area contributed by atoms with E-state index in [0.29, 0.717) is 19.3 Å². The van der Waals surface area contributed by atoms with Gasteiger partial charge in [0.2, 0.25) is 0 Å². The maximum atomic E-state index is 10.4. The van der Waals surface area contributed by atoms with Crippen molar-refractivity contribution >= 4 is 0 Å². The van der Waals surface area contributed by atoms with Gasteiger partial charge in [-0.15, -0.1) is 0 Å². The lowest BCUT2D eigenvalue weighted by atomic mass is 9.83. The first-order valence-electron chi connectivity index (χ1n) is 8.35. The summed E-state index contributed by atoms with van der Waals surface area (Å²) >= 11 is 0. The summed E-state index contributed by atoms with van der Waals surface area (Å²) in [6, 6.07) is 0. The van der Waals surface area contributed by atoms with E-state index in [2.05, 4.69) is 5.32 Å². The average molecular weight is 283 g/mol. The molecule has 1 saturated carbocycles. The minimum atomic E-state index is -0.693. The van der Waals surface area contributed by atoms with Gasteiger partial charge < -0.3 is 19.9 Å². The molecular formula is C16H29NO3. The van der Waals surface area contributed by atoms with Crippen LogP contribution < -0.4 is 5.32 Å². The van der Waals surface area contributed by atoms with Gasteiger partial charge in [0.25, 0.3) is 0 Å². The molecule has 3 aliphatic rings. The van der Waals surface area contributed by atoms with Crippen LogP contribution in [0.4, 0.5) is 0 Å². The van der Waals surface area contributed by atoms with Crippen molar-refractivity contribution in [3.63, 3.8) is 0 Å². The van der Waals surface area contributed by atoms with E-state index in [1.54, 1.807) is 0 Å². The molecule has 2 aliphatic heterocycles. The van der Waals surface area contributed by atoms with Crippen LogP contribution in [0.2, 0.25) is 0 Å². The second-order valence-corrected chi connectivity index (χ2v) is 7.02. The summed E-state index contributed by atoms with van der Waals surface area (Å²) in [5, 5.41) is 13.9. The van der Waals surface area contributed by atoms with Crippen molar-refractivity contribution in [1.29, 1.82) is 0 Å². The maximum absolute atomic E-state index is 10.4. The topological polar surface area (TPSA) is 50.7 Å². The Morgan fingerprint density at radius 2 is 1.95 bits per heavy atom. The molecule has 2 saturated heterocycles. The van der Waals surface area contributed by atoms with E-state index in [-0.39, 0.29) is 11.7 Å². The third-order valence-electron chi connectivity index (χ3n) is 5.57. The highest BCUT2D eigenvalue weighted by Gasteiger charge is 2.42. The molecule has 2 N–H and O–H groups in total. The molecule has 1 aliphatic carbocycles. The third-order valence-corrected chi connectivity index (χ3v) is 5.57. The standard InChI is InChI=1S/C16H29NO3/c1-13-16(18,9-10-19-13)12-17-11-14-5-8-15(20-14)6-3-2-4-7-15/h13-14,17-18H,2-12H2,1H3. The summed E-state index contributed by atoms with van der Waals surface area (Å²) in [5.41, 5.74) is -0.494. The molecular weight excluding hydrogens is 254 g/mol. The minimum Gasteiger partial charge on any atom is -0.386 e. The van der Waals surface area contributed by atoms with E-state index in [9.17, 15) is 5.11 Å². The van der Waals surface area contributed by atoms with Crippen molar-refractivity contribution < 1.29 is 14.6 Å². The molecule has 1 spiro atoms. The Balaban J connectivity index is 1.41. The van der Waals surface area contributed by atoms with Crippen LogP contribution in [0.1, 0.15) is 58.3 Å². The first-order chi connectivity index (χ1) is 9.62. The first-order valence-corrected chi connectivity index (χ1v) is 8.35. The van der Waals surface area contributed by atoms with E-state index < -0.39 is 5.60 Å². The molecule has 0 aromatic carbocycles. The first kappa shape index (κ1) is 14.8. The van der Waals surface area contributed by atoms with Crippen LogP contribution in [0, 0.1) is 0 Å². The zero-order valence-corrected chi connectivity index (χ0v) is 12.7. The predicted molar refractivity (Wildman–Crippen MR) is 77.8 cm³/mol. The lowest BCUT2D eigenvalue weighted by Crippen LogP contribution is -2.47. The molecule has 0 radical (unpaired) electrons. The average Bonchev–Trinajstić information content (AvgIpc) is 2.97. The number of hydrogen-bond acceptors (Lipinski definition) is 4. The number of aliphatic hydroxyl groups is 1. The van der Waals surface area contributed by atoms with Gasteiger partial charge in [-0.2, -0.15) is 0 Å².